The fourth-order valence-electron chi connectivity index (χ4n) is 2.73. The van der Waals surface area contributed by atoms with Gasteiger partial charge in [-0.2, -0.15) is 0 Å². The average molecular weight is 325 g/mol. The van der Waals surface area contributed by atoms with Crippen LogP contribution < -0.4 is 9.47 Å². The van der Waals surface area contributed by atoms with Crippen LogP contribution in [0.25, 0.3) is 0 Å². The van der Waals surface area contributed by atoms with Gasteiger partial charge in [0, 0.05) is 12.1 Å². The SMILES string of the molecule is CC(C)(C)N(Cc1ccccc1)C(=O)[C@@H]1COc2ccccc2O1. The largest absolute Gasteiger partial charge is 0.485 e. The summed E-state index contributed by atoms with van der Waals surface area (Å²) in [5.74, 6) is 1.25. The molecule has 0 unspecified atom stereocenters. The number of hydrogen-bond donors (Lipinski definition) is 0. The fraction of sp³-hybridized carbons (Fsp3) is 0.350. The van der Waals surface area contributed by atoms with Crippen LogP contribution in [0.15, 0.2) is 54.6 Å². The number of fused-ring (bicyclic) bond motifs is 1. The molecule has 0 aliphatic carbocycles. The van der Waals surface area contributed by atoms with Crippen molar-refractivity contribution in [3.8, 4) is 11.5 Å². The maximum absolute atomic E-state index is 13.1. The maximum atomic E-state index is 13.1. The highest BCUT2D eigenvalue weighted by Crippen LogP contribution is 2.32. The summed E-state index contributed by atoms with van der Waals surface area (Å²) in [6.07, 6.45) is -0.622. The maximum Gasteiger partial charge on any atom is 0.268 e. The highest BCUT2D eigenvalue weighted by molar-refractivity contribution is 5.82. The van der Waals surface area contributed by atoms with E-state index >= 15 is 0 Å². The molecule has 0 N–H and O–H groups in total. The first-order valence-electron chi connectivity index (χ1n) is 8.19. The lowest BCUT2D eigenvalue weighted by molar-refractivity contribution is -0.147. The number of nitrogens with zero attached hydrogens (tertiary/aromatic N) is 1. The predicted molar refractivity (Wildman–Crippen MR) is 93.1 cm³/mol. The summed E-state index contributed by atoms with van der Waals surface area (Å²) < 4.78 is 11.6. The lowest BCUT2D eigenvalue weighted by Gasteiger charge is -2.39. The van der Waals surface area contributed by atoms with Crippen LogP contribution in [0, 0.1) is 0 Å². The van der Waals surface area contributed by atoms with E-state index in [1.54, 1.807) is 0 Å². The number of benzene rings is 2. The molecule has 4 heteroatoms. The Labute approximate surface area is 143 Å². The van der Waals surface area contributed by atoms with Crippen molar-refractivity contribution in [1.82, 2.24) is 4.90 Å². The molecule has 0 aromatic heterocycles. The van der Waals surface area contributed by atoms with E-state index in [4.69, 9.17) is 9.47 Å². The second-order valence-electron chi connectivity index (χ2n) is 6.95. The smallest absolute Gasteiger partial charge is 0.268 e. The number of para-hydroxylation sites is 2. The first-order chi connectivity index (χ1) is 11.4. The Bertz CT molecular complexity index is 706. The Hall–Kier alpha value is -2.49. The Morgan fingerprint density at radius 1 is 1.04 bits per heavy atom. The van der Waals surface area contributed by atoms with Gasteiger partial charge in [0.1, 0.15) is 6.61 Å². The zero-order valence-electron chi connectivity index (χ0n) is 14.4. The topological polar surface area (TPSA) is 38.8 Å². The van der Waals surface area contributed by atoms with Gasteiger partial charge in [0.15, 0.2) is 11.5 Å². The third-order valence-electron chi connectivity index (χ3n) is 4.04. The van der Waals surface area contributed by atoms with E-state index < -0.39 is 6.10 Å². The summed E-state index contributed by atoms with van der Waals surface area (Å²) in [5.41, 5.74) is 0.783. The zero-order valence-corrected chi connectivity index (χ0v) is 14.4. The Morgan fingerprint density at radius 3 is 2.33 bits per heavy atom. The molecule has 2 aromatic rings. The normalized spacial score (nSPS) is 16.5. The van der Waals surface area contributed by atoms with Gasteiger partial charge in [0.2, 0.25) is 6.10 Å². The number of rotatable bonds is 3. The molecule has 4 nitrogen and oxygen atoms in total. The van der Waals surface area contributed by atoms with E-state index in [0.29, 0.717) is 18.0 Å². The van der Waals surface area contributed by atoms with Gasteiger partial charge in [-0.15, -0.1) is 0 Å². The van der Waals surface area contributed by atoms with Crippen molar-refractivity contribution in [2.24, 2.45) is 0 Å². The van der Waals surface area contributed by atoms with Crippen LogP contribution in [0.3, 0.4) is 0 Å². The van der Waals surface area contributed by atoms with E-state index in [1.165, 1.54) is 0 Å². The number of carbonyl (C=O) groups is 1. The predicted octanol–water partition coefficient (Wildman–Crippen LogP) is 3.65. The molecule has 2 aromatic carbocycles. The van der Waals surface area contributed by atoms with Crippen molar-refractivity contribution in [2.45, 2.75) is 39.0 Å². The lowest BCUT2D eigenvalue weighted by atomic mass is 10.0. The van der Waals surface area contributed by atoms with Crippen molar-refractivity contribution in [3.63, 3.8) is 0 Å². The molecule has 1 aliphatic heterocycles. The highest BCUT2D eigenvalue weighted by atomic mass is 16.6. The van der Waals surface area contributed by atoms with Crippen molar-refractivity contribution >= 4 is 5.91 Å². The Balaban J connectivity index is 1.80. The first-order valence-corrected chi connectivity index (χ1v) is 8.19. The molecule has 0 radical (unpaired) electrons. The molecule has 3 rings (SSSR count). The number of carbonyl (C=O) groups excluding carboxylic acids is 1. The summed E-state index contributed by atoms with van der Waals surface area (Å²) in [6.45, 7) is 6.88. The quantitative estimate of drug-likeness (QED) is 0.864. The Kier molecular flexibility index (Phi) is 4.47. The van der Waals surface area contributed by atoms with Crippen LogP contribution in [0.5, 0.6) is 11.5 Å². The summed E-state index contributed by atoms with van der Waals surface area (Å²) >= 11 is 0. The molecule has 1 amide bonds. The van der Waals surface area contributed by atoms with E-state index in [0.717, 1.165) is 5.56 Å². The molecular weight excluding hydrogens is 302 g/mol. The minimum absolute atomic E-state index is 0.0548. The third kappa shape index (κ3) is 3.53. The molecule has 0 saturated heterocycles. The monoisotopic (exact) mass is 325 g/mol. The van der Waals surface area contributed by atoms with Crippen LogP contribution in [-0.2, 0) is 11.3 Å². The van der Waals surface area contributed by atoms with Crippen molar-refractivity contribution in [3.05, 3.63) is 60.2 Å². The fourth-order valence-corrected chi connectivity index (χ4v) is 2.73. The summed E-state index contributed by atoms with van der Waals surface area (Å²) in [5, 5.41) is 0. The van der Waals surface area contributed by atoms with Crippen LogP contribution in [-0.4, -0.2) is 29.1 Å². The Morgan fingerprint density at radius 2 is 1.67 bits per heavy atom. The minimum Gasteiger partial charge on any atom is -0.485 e. The molecule has 0 spiro atoms. The van der Waals surface area contributed by atoms with E-state index in [-0.39, 0.29) is 18.1 Å². The molecule has 1 heterocycles. The van der Waals surface area contributed by atoms with Gasteiger partial charge >= 0.3 is 0 Å². The second kappa shape index (κ2) is 6.56. The summed E-state index contributed by atoms with van der Waals surface area (Å²) in [4.78, 5) is 14.9. The van der Waals surface area contributed by atoms with Crippen LogP contribution in [0.1, 0.15) is 26.3 Å². The van der Waals surface area contributed by atoms with Gasteiger partial charge in [-0.1, -0.05) is 42.5 Å². The molecule has 1 atom stereocenters. The van der Waals surface area contributed by atoms with E-state index in [1.807, 2.05) is 80.3 Å². The molecule has 0 saturated carbocycles. The zero-order chi connectivity index (χ0) is 17.2. The standard InChI is InChI=1S/C20H23NO3/c1-20(2,3)21(13-15-9-5-4-6-10-15)19(22)18-14-23-16-11-7-8-12-17(16)24-18/h4-12,18H,13-14H2,1-3H3/t18-/m0/s1. The molecule has 0 bridgehead atoms. The van der Waals surface area contributed by atoms with Crippen LogP contribution in [0.2, 0.25) is 0 Å². The lowest BCUT2D eigenvalue weighted by Crippen LogP contribution is -2.53. The van der Waals surface area contributed by atoms with Crippen LogP contribution in [0.4, 0.5) is 0 Å². The van der Waals surface area contributed by atoms with E-state index in [9.17, 15) is 4.79 Å². The van der Waals surface area contributed by atoms with Crippen molar-refractivity contribution in [1.29, 1.82) is 0 Å². The number of hydrogen-bond acceptors (Lipinski definition) is 3. The van der Waals surface area contributed by atoms with E-state index in [2.05, 4.69) is 0 Å². The molecule has 0 fully saturated rings. The highest BCUT2D eigenvalue weighted by Gasteiger charge is 2.35. The average Bonchev–Trinajstić information content (AvgIpc) is 2.58. The molecule has 1 aliphatic rings. The van der Waals surface area contributed by atoms with Crippen LogP contribution >= 0.6 is 0 Å². The van der Waals surface area contributed by atoms with Gasteiger partial charge in [-0.25, -0.2) is 0 Å². The minimum atomic E-state index is -0.622. The van der Waals surface area contributed by atoms with Crippen molar-refractivity contribution < 1.29 is 14.3 Å². The number of amides is 1. The third-order valence-corrected chi connectivity index (χ3v) is 4.04. The first kappa shape index (κ1) is 16.4. The second-order valence-corrected chi connectivity index (χ2v) is 6.95. The van der Waals surface area contributed by atoms with Gasteiger partial charge in [-0.05, 0) is 38.5 Å². The van der Waals surface area contributed by atoms with Gasteiger partial charge < -0.3 is 14.4 Å². The summed E-state index contributed by atoms with van der Waals surface area (Å²) in [6, 6.07) is 17.4. The molecule has 24 heavy (non-hydrogen) atoms. The van der Waals surface area contributed by atoms with Gasteiger partial charge in [0.05, 0.1) is 0 Å². The molecular formula is C20H23NO3. The molecule has 126 valence electrons. The van der Waals surface area contributed by atoms with Gasteiger partial charge in [-0.3, -0.25) is 4.79 Å². The van der Waals surface area contributed by atoms with Gasteiger partial charge in [0.25, 0.3) is 5.91 Å². The number of ether oxygens (including phenoxy) is 2. The van der Waals surface area contributed by atoms with Crippen molar-refractivity contribution in [2.75, 3.05) is 6.61 Å². The summed E-state index contributed by atoms with van der Waals surface area (Å²) in [7, 11) is 0.